The van der Waals surface area contributed by atoms with Gasteiger partial charge in [0.05, 0.1) is 16.9 Å². The van der Waals surface area contributed by atoms with Gasteiger partial charge in [0, 0.05) is 12.6 Å². The Balaban J connectivity index is 1.63. The van der Waals surface area contributed by atoms with Crippen LogP contribution in [-0.4, -0.2) is 15.5 Å². The van der Waals surface area contributed by atoms with Gasteiger partial charge in [0.1, 0.15) is 6.54 Å². The fourth-order valence-electron chi connectivity index (χ4n) is 2.11. The lowest BCUT2D eigenvalue weighted by molar-refractivity contribution is -0.121. The van der Waals surface area contributed by atoms with Gasteiger partial charge in [-0.15, -0.1) is 11.3 Å². The molecular weight excluding hydrogens is 310 g/mol. The fourth-order valence-corrected chi connectivity index (χ4v) is 2.80. The second-order valence-electron chi connectivity index (χ2n) is 4.98. The second-order valence-corrected chi connectivity index (χ2v) is 5.93. The summed E-state index contributed by atoms with van der Waals surface area (Å²) in [6, 6.07) is 14.9. The third kappa shape index (κ3) is 3.92. The van der Waals surface area contributed by atoms with E-state index in [0.29, 0.717) is 12.2 Å². The molecule has 3 rings (SSSR count). The van der Waals surface area contributed by atoms with Crippen LogP contribution in [0.3, 0.4) is 0 Å². The lowest BCUT2D eigenvalue weighted by atomic mass is 10.2. The summed E-state index contributed by atoms with van der Waals surface area (Å²) in [6.07, 6.45) is 1.42. The Bertz CT molecular complexity index is 842. The second kappa shape index (κ2) is 7.02. The molecule has 23 heavy (non-hydrogen) atoms. The van der Waals surface area contributed by atoms with Crippen LogP contribution in [0, 0.1) is 0 Å². The van der Waals surface area contributed by atoms with Crippen LogP contribution in [-0.2, 0) is 17.9 Å². The Kier molecular flexibility index (Phi) is 4.63. The van der Waals surface area contributed by atoms with Gasteiger partial charge in [0.2, 0.25) is 5.91 Å². The minimum Gasteiger partial charge on any atom is -0.350 e. The lowest BCUT2D eigenvalue weighted by Crippen LogP contribution is -2.31. The van der Waals surface area contributed by atoms with E-state index in [1.807, 2.05) is 47.8 Å². The zero-order valence-electron chi connectivity index (χ0n) is 12.3. The van der Waals surface area contributed by atoms with E-state index in [1.54, 1.807) is 0 Å². The Labute approximate surface area is 137 Å². The number of hydrogen-bond acceptors (Lipinski definition) is 4. The van der Waals surface area contributed by atoms with Gasteiger partial charge < -0.3 is 5.32 Å². The molecule has 0 unspecified atom stereocenters. The highest BCUT2D eigenvalue weighted by molar-refractivity contribution is 7.13. The Morgan fingerprint density at radius 1 is 1.17 bits per heavy atom. The molecule has 0 atom stereocenters. The van der Waals surface area contributed by atoms with Crippen molar-refractivity contribution in [2.45, 2.75) is 13.1 Å². The number of benzene rings is 1. The first-order valence-electron chi connectivity index (χ1n) is 7.13. The van der Waals surface area contributed by atoms with Crippen molar-refractivity contribution in [3.05, 3.63) is 76.2 Å². The number of amides is 1. The molecule has 6 heteroatoms. The van der Waals surface area contributed by atoms with Crippen LogP contribution in [0.2, 0.25) is 0 Å². The summed E-state index contributed by atoms with van der Waals surface area (Å²) in [6.45, 7) is 0.401. The van der Waals surface area contributed by atoms with Gasteiger partial charge in [-0.05, 0) is 17.0 Å². The third-order valence-corrected chi connectivity index (χ3v) is 4.19. The Morgan fingerprint density at radius 2 is 2.00 bits per heavy atom. The average Bonchev–Trinajstić information content (AvgIpc) is 3.10. The first-order valence-corrected chi connectivity index (χ1v) is 8.01. The maximum absolute atomic E-state index is 12.1. The quantitative estimate of drug-likeness (QED) is 0.783. The number of rotatable bonds is 5. The maximum atomic E-state index is 12.1. The third-order valence-electron chi connectivity index (χ3n) is 3.30. The van der Waals surface area contributed by atoms with Crippen LogP contribution in [0.4, 0.5) is 0 Å². The van der Waals surface area contributed by atoms with Crippen molar-refractivity contribution in [3.63, 3.8) is 0 Å². The van der Waals surface area contributed by atoms with Crippen molar-refractivity contribution in [3.8, 4) is 10.6 Å². The smallest absolute Gasteiger partial charge is 0.254 e. The number of aromatic nitrogens is 2. The molecule has 1 aromatic carbocycles. The molecule has 5 nitrogen and oxygen atoms in total. The molecule has 0 spiro atoms. The van der Waals surface area contributed by atoms with Crippen molar-refractivity contribution in [2.24, 2.45) is 0 Å². The lowest BCUT2D eigenvalue weighted by Gasteiger charge is -2.07. The van der Waals surface area contributed by atoms with Gasteiger partial charge in [-0.1, -0.05) is 36.4 Å². The molecule has 0 saturated heterocycles. The van der Waals surface area contributed by atoms with E-state index in [4.69, 9.17) is 0 Å². The summed E-state index contributed by atoms with van der Waals surface area (Å²) in [7, 11) is 0. The Hall–Kier alpha value is -2.73. The Morgan fingerprint density at radius 3 is 2.70 bits per heavy atom. The molecule has 0 aliphatic rings. The van der Waals surface area contributed by atoms with Gasteiger partial charge in [-0.3, -0.25) is 14.2 Å². The number of hydrogen-bond donors (Lipinski definition) is 1. The molecular formula is C17H15N3O2S. The molecule has 0 bridgehead atoms. The molecule has 116 valence electrons. The van der Waals surface area contributed by atoms with Crippen molar-refractivity contribution >= 4 is 17.2 Å². The largest absolute Gasteiger partial charge is 0.350 e. The van der Waals surface area contributed by atoms with E-state index in [9.17, 15) is 9.59 Å². The average molecular weight is 325 g/mol. The molecule has 1 amide bonds. The monoisotopic (exact) mass is 325 g/mol. The number of nitrogens with one attached hydrogen (secondary N) is 1. The van der Waals surface area contributed by atoms with Gasteiger partial charge in [0.25, 0.3) is 5.56 Å². The summed E-state index contributed by atoms with van der Waals surface area (Å²) in [5, 5.41) is 4.72. The van der Waals surface area contributed by atoms with Crippen LogP contribution in [0.25, 0.3) is 10.6 Å². The summed E-state index contributed by atoms with van der Waals surface area (Å²) >= 11 is 1.52. The van der Waals surface area contributed by atoms with Gasteiger partial charge in [0.15, 0.2) is 0 Å². The normalized spacial score (nSPS) is 10.4. The highest BCUT2D eigenvalue weighted by Gasteiger charge is 2.07. The van der Waals surface area contributed by atoms with E-state index in [1.165, 1.54) is 28.3 Å². The van der Waals surface area contributed by atoms with Crippen LogP contribution < -0.4 is 10.9 Å². The minimum absolute atomic E-state index is 0.0383. The van der Waals surface area contributed by atoms with E-state index in [-0.39, 0.29) is 18.0 Å². The van der Waals surface area contributed by atoms with Crippen LogP contribution in [0.1, 0.15) is 5.56 Å². The van der Waals surface area contributed by atoms with Crippen molar-refractivity contribution in [2.75, 3.05) is 0 Å². The van der Waals surface area contributed by atoms with Gasteiger partial charge in [-0.2, -0.15) is 0 Å². The number of nitrogens with zero attached hydrogens (tertiary/aromatic N) is 2. The summed E-state index contributed by atoms with van der Waals surface area (Å²) < 4.78 is 1.30. The molecule has 2 aromatic heterocycles. The topological polar surface area (TPSA) is 64.0 Å². The molecule has 0 aliphatic carbocycles. The standard InChI is InChI=1S/C17H15N3O2S/c21-16(18-10-13-5-2-1-3-6-13)11-20-12-19-14(9-17(20)22)15-7-4-8-23-15/h1-9,12H,10-11H2,(H,18,21). The number of carbonyl (C=O) groups is 1. The molecule has 3 aromatic rings. The molecule has 0 aliphatic heterocycles. The molecule has 2 heterocycles. The number of carbonyl (C=O) groups excluding carboxylic acids is 1. The first kappa shape index (κ1) is 15.2. The molecule has 1 N–H and O–H groups in total. The number of thiophene rings is 1. The van der Waals surface area contributed by atoms with Crippen LogP contribution in [0.15, 0.2) is 65.0 Å². The zero-order chi connectivity index (χ0) is 16.1. The van der Waals surface area contributed by atoms with Crippen molar-refractivity contribution < 1.29 is 4.79 Å². The summed E-state index contributed by atoms with van der Waals surface area (Å²) in [5.41, 5.74) is 1.41. The SMILES string of the molecule is O=C(Cn1cnc(-c2cccs2)cc1=O)NCc1ccccc1. The van der Waals surface area contributed by atoms with Crippen LogP contribution in [0.5, 0.6) is 0 Å². The molecule has 0 fully saturated rings. The van der Waals surface area contributed by atoms with Crippen LogP contribution >= 0.6 is 11.3 Å². The van der Waals surface area contributed by atoms with Gasteiger partial charge >= 0.3 is 0 Å². The van der Waals surface area contributed by atoms with E-state index >= 15 is 0 Å². The molecule has 0 saturated carbocycles. The predicted molar refractivity (Wildman–Crippen MR) is 90.1 cm³/mol. The van der Waals surface area contributed by atoms with Crippen molar-refractivity contribution in [1.29, 1.82) is 0 Å². The van der Waals surface area contributed by atoms with E-state index in [2.05, 4.69) is 10.3 Å². The van der Waals surface area contributed by atoms with E-state index < -0.39 is 0 Å². The van der Waals surface area contributed by atoms with E-state index in [0.717, 1.165) is 10.4 Å². The minimum atomic E-state index is -0.238. The van der Waals surface area contributed by atoms with Gasteiger partial charge in [-0.25, -0.2) is 4.98 Å². The molecule has 0 radical (unpaired) electrons. The summed E-state index contributed by atoms with van der Waals surface area (Å²) in [5.74, 6) is -0.221. The van der Waals surface area contributed by atoms with Crippen molar-refractivity contribution in [1.82, 2.24) is 14.9 Å². The first-order chi connectivity index (χ1) is 11.2. The maximum Gasteiger partial charge on any atom is 0.254 e. The summed E-state index contributed by atoms with van der Waals surface area (Å²) in [4.78, 5) is 29.2. The highest BCUT2D eigenvalue weighted by atomic mass is 32.1. The zero-order valence-corrected chi connectivity index (χ0v) is 13.1. The predicted octanol–water partition coefficient (Wildman–Crippen LogP) is 2.29. The highest BCUT2D eigenvalue weighted by Crippen LogP contribution is 2.20. The fraction of sp³-hybridized carbons (Fsp3) is 0.118.